The number of nitrogens with two attached hydrogens (primary N) is 1. The first-order chi connectivity index (χ1) is 14.4. The first-order valence-electron chi connectivity index (χ1n) is 9.40. The second-order valence-corrected chi connectivity index (χ2v) is 6.52. The number of para-hydroxylation sites is 1. The van der Waals surface area contributed by atoms with E-state index in [0.717, 1.165) is 5.39 Å². The number of esters is 1. The summed E-state index contributed by atoms with van der Waals surface area (Å²) in [4.78, 5) is 36.2. The Morgan fingerprint density at radius 1 is 1.10 bits per heavy atom. The third-order valence-electron chi connectivity index (χ3n) is 4.42. The number of rotatable bonds is 8. The van der Waals surface area contributed by atoms with Crippen molar-refractivity contribution in [1.29, 1.82) is 0 Å². The minimum Gasteiger partial charge on any atom is -0.449 e. The lowest BCUT2D eigenvalue weighted by atomic mass is 10.1. The molecule has 0 saturated heterocycles. The van der Waals surface area contributed by atoms with Crippen LogP contribution in [0.15, 0.2) is 52.9 Å². The van der Waals surface area contributed by atoms with E-state index in [1.807, 2.05) is 19.1 Å². The third kappa shape index (κ3) is 4.66. The van der Waals surface area contributed by atoms with Gasteiger partial charge in [0.05, 0.1) is 6.61 Å². The van der Waals surface area contributed by atoms with Crippen molar-refractivity contribution in [2.75, 3.05) is 11.9 Å². The number of carbonyl (C=O) groups excluding carboxylic acids is 3. The summed E-state index contributed by atoms with van der Waals surface area (Å²) in [7, 11) is 0. The van der Waals surface area contributed by atoms with Gasteiger partial charge >= 0.3 is 5.97 Å². The van der Waals surface area contributed by atoms with Gasteiger partial charge in [0.2, 0.25) is 11.7 Å². The number of hydrogen-bond acceptors (Lipinski definition) is 6. The molecule has 3 rings (SSSR count). The maximum atomic E-state index is 12.7. The van der Waals surface area contributed by atoms with E-state index in [4.69, 9.17) is 19.6 Å². The van der Waals surface area contributed by atoms with Gasteiger partial charge in [-0.1, -0.05) is 18.2 Å². The molecule has 0 fully saturated rings. The molecule has 0 aliphatic heterocycles. The Morgan fingerprint density at radius 3 is 2.47 bits per heavy atom. The Labute approximate surface area is 172 Å². The van der Waals surface area contributed by atoms with Crippen LogP contribution in [0.2, 0.25) is 0 Å². The number of amides is 2. The summed E-state index contributed by atoms with van der Waals surface area (Å²) in [5.74, 6) is -1.84. The van der Waals surface area contributed by atoms with E-state index in [1.54, 1.807) is 12.1 Å². The van der Waals surface area contributed by atoms with Crippen LogP contribution in [0.5, 0.6) is 0 Å². The molecule has 0 spiro atoms. The Balaban J connectivity index is 1.71. The number of carbonyl (C=O) groups is 3. The summed E-state index contributed by atoms with van der Waals surface area (Å²) in [6, 6.07) is 13.3. The van der Waals surface area contributed by atoms with E-state index in [-0.39, 0.29) is 12.4 Å². The molecule has 156 valence electrons. The Morgan fingerprint density at radius 2 is 1.80 bits per heavy atom. The van der Waals surface area contributed by atoms with E-state index in [2.05, 4.69) is 5.32 Å². The van der Waals surface area contributed by atoms with E-state index in [0.29, 0.717) is 29.0 Å². The number of benzene rings is 2. The zero-order valence-electron chi connectivity index (χ0n) is 16.6. The fraction of sp³-hybridized carbons (Fsp3) is 0.227. The van der Waals surface area contributed by atoms with Crippen LogP contribution in [-0.4, -0.2) is 30.5 Å². The molecule has 1 atom stereocenters. The quantitative estimate of drug-likeness (QED) is 0.550. The van der Waals surface area contributed by atoms with Gasteiger partial charge in [-0.25, -0.2) is 4.79 Å². The summed E-state index contributed by atoms with van der Waals surface area (Å²) in [5, 5.41) is 3.37. The van der Waals surface area contributed by atoms with Gasteiger partial charge in [0.1, 0.15) is 5.58 Å². The maximum Gasteiger partial charge on any atom is 0.375 e. The lowest BCUT2D eigenvalue weighted by Crippen LogP contribution is -2.30. The Hall–Kier alpha value is -3.65. The van der Waals surface area contributed by atoms with Crippen LogP contribution >= 0.6 is 0 Å². The largest absolute Gasteiger partial charge is 0.449 e. The lowest BCUT2D eigenvalue weighted by Gasteiger charge is -2.13. The summed E-state index contributed by atoms with van der Waals surface area (Å²) >= 11 is 0. The van der Waals surface area contributed by atoms with Crippen LogP contribution in [0.4, 0.5) is 5.69 Å². The molecule has 1 aromatic heterocycles. The van der Waals surface area contributed by atoms with Crippen LogP contribution < -0.4 is 11.1 Å². The summed E-state index contributed by atoms with van der Waals surface area (Å²) in [5.41, 5.74) is 7.06. The van der Waals surface area contributed by atoms with Crippen molar-refractivity contribution in [1.82, 2.24) is 0 Å². The van der Waals surface area contributed by atoms with E-state index in [1.165, 1.54) is 31.2 Å². The molecule has 0 aliphatic rings. The molecule has 3 N–H and O–H groups in total. The molecule has 0 saturated carbocycles. The zero-order valence-corrected chi connectivity index (χ0v) is 16.6. The number of ether oxygens (including phenoxy) is 2. The molecule has 0 bridgehead atoms. The van der Waals surface area contributed by atoms with E-state index >= 15 is 0 Å². The number of fused-ring (bicyclic) bond motifs is 1. The predicted octanol–water partition coefficient (Wildman–Crippen LogP) is 3.25. The van der Waals surface area contributed by atoms with Gasteiger partial charge in [-0.15, -0.1) is 0 Å². The number of nitrogens with one attached hydrogen (secondary N) is 1. The third-order valence-corrected chi connectivity index (χ3v) is 4.42. The summed E-state index contributed by atoms with van der Waals surface area (Å²) < 4.78 is 16.4. The van der Waals surface area contributed by atoms with Crippen molar-refractivity contribution in [3.05, 3.63) is 65.4 Å². The van der Waals surface area contributed by atoms with Crippen LogP contribution in [0.25, 0.3) is 11.0 Å². The molecule has 3 aromatic rings. The second kappa shape index (κ2) is 9.23. The van der Waals surface area contributed by atoms with Gasteiger partial charge in [0, 0.05) is 28.8 Å². The number of furan rings is 1. The van der Waals surface area contributed by atoms with Crippen molar-refractivity contribution >= 4 is 34.4 Å². The molecule has 1 heterocycles. The first kappa shape index (κ1) is 21.1. The minimum atomic E-state index is -1.08. The lowest BCUT2D eigenvalue weighted by molar-refractivity contribution is -0.123. The van der Waals surface area contributed by atoms with Crippen molar-refractivity contribution in [2.24, 2.45) is 5.73 Å². The molecule has 0 unspecified atom stereocenters. The highest BCUT2D eigenvalue weighted by molar-refractivity contribution is 6.00. The van der Waals surface area contributed by atoms with Gasteiger partial charge in [-0.2, -0.15) is 0 Å². The summed E-state index contributed by atoms with van der Waals surface area (Å²) in [6.45, 7) is 3.96. The normalized spacial score (nSPS) is 11.8. The average molecular weight is 410 g/mol. The molecular formula is C22H22N2O6. The molecular weight excluding hydrogens is 388 g/mol. The van der Waals surface area contributed by atoms with Crippen molar-refractivity contribution < 1.29 is 28.3 Å². The smallest absolute Gasteiger partial charge is 0.375 e. The molecule has 30 heavy (non-hydrogen) atoms. The van der Waals surface area contributed by atoms with Crippen molar-refractivity contribution in [3.8, 4) is 0 Å². The van der Waals surface area contributed by atoms with Gasteiger partial charge in [0.25, 0.3) is 5.91 Å². The highest BCUT2D eigenvalue weighted by Crippen LogP contribution is 2.27. The van der Waals surface area contributed by atoms with Gasteiger partial charge in [0.15, 0.2) is 6.10 Å². The second-order valence-electron chi connectivity index (χ2n) is 6.52. The Bertz CT molecular complexity index is 1070. The molecule has 8 heteroatoms. The van der Waals surface area contributed by atoms with Crippen LogP contribution in [0.1, 0.15) is 40.3 Å². The number of anilines is 1. The minimum absolute atomic E-state index is 0.00936. The molecule has 0 aliphatic carbocycles. The van der Waals surface area contributed by atoms with Crippen LogP contribution in [0, 0.1) is 0 Å². The SMILES string of the molecule is CCOCc1c(C(=O)O[C@H](C)C(=O)Nc2ccc(C(N)=O)cc2)oc2ccccc12. The van der Waals surface area contributed by atoms with E-state index in [9.17, 15) is 14.4 Å². The van der Waals surface area contributed by atoms with Crippen molar-refractivity contribution in [3.63, 3.8) is 0 Å². The predicted molar refractivity (Wildman–Crippen MR) is 110 cm³/mol. The van der Waals surface area contributed by atoms with E-state index < -0.39 is 23.9 Å². The molecule has 2 aromatic carbocycles. The van der Waals surface area contributed by atoms with Gasteiger partial charge < -0.3 is 24.9 Å². The Kier molecular flexibility index (Phi) is 6.48. The average Bonchev–Trinajstić information content (AvgIpc) is 3.11. The fourth-order valence-electron chi connectivity index (χ4n) is 2.84. The fourth-order valence-corrected chi connectivity index (χ4v) is 2.84. The molecule has 2 amide bonds. The first-order valence-corrected chi connectivity index (χ1v) is 9.40. The van der Waals surface area contributed by atoms with Crippen molar-refractivity contribution in [2.45, 2.75) is 26.6 Å². The topological polar surface area (TPSA) is 121 Å². The number of hydrogen-bond donors (Lipinski definition) is 2. The highest BCUT2D eigenvalue weighted by atomic mass is 16.6. The van der Waals surface area contributed by atoms with Crippen LogP contribution in [-0.2, 0) is 20.9 Å². The zero-order chi connectivity index (χ0) is 21.7. The summed E-state index contributed by atoms with van der Waals surface area (Å²) in [6.07, 6.45) is -1.08. The number of primary amides is 1. The highest BCUT2D eigenvalue weighted by Gasteiger charge is 2.26. The monoisotopic (exact) mass is 410 g/mol. The van der Waals surface area contributed by atoms with Gasteiger partial charge in [-0.05, 0) is 44.2 Å². The molecule has 0 radical (unpaired) electrons. The van der Waals surface area contributed by atoms with Crippen LogP contribution in [0.3, 0.4) is 0 Å². The molecule has 8 nitrogen and oxygen atoms in total. The van der Waals surface area contributed by atoms with Gasteiger partial charge in [-0.3, -0.25) is 9.59 Å². The standard InChI is InChI=1S/C22H22N2O6/c1-3-28-12-17-16-6-4-5-7-18(16)30-19(17)22(27)29-13(2)21(26)24-15-10-8-14(9-11-15)20(23)25/h4-11,13H,3,12H2,1-2H3,(H2,23,25)(H,24,26)/t13-/m1/s1. The maximum absolute atomic E-state index is 12.7.